The van der Waals surface area contributed by atoms with Gasteiger partial charge in [0.05, 0.1) is 0 Å². The van der Waals surface area contributed by atoms with Crippen LogP contribution in [0.4, 0.5) is 5.69 Å². The lowest BCUT2D eigenvalue weighted by atomic mass is 10.1. The topological polar surface area (TPSA) is 57.9 Å². The number of hydrogen-bond donors (Lipinski definition) is 2. The first-order valence-corrected chi connectivity index (χ1v) is 6.49. The van der Waals surface area contributed by atoms with Crippen LogP contribution in [-0.4, -0.2) is 10.5 Å². The number of anilines is 1. The zero-order valence-corrected chi connectivity index (χ0v) is 11.2. The van der Waals surface area contributed by atoms with Gasteiger partial charge < -0.3 is 9.88 Å². The van der Waals surface area contributed by atoms with Gasteiger partial charge in [0.25, 0.3) is 0 Å². The number of hydrogen-bond acceptors (Lipinski definition) is 3. The number of carbonyl (C=O) groups excluding carboxylic acids is 1. The van der Waals surface area contributed by atoms with Crippen molar-refractivity contribution in [3.8, 4) is 0 Å². The maximum Gasteiger partial charge on any atom is 0.244 e. The Morgan fingerprint density at radius 2 is 2.00 bits per heavy atom. The van der Waals surface area contributed by atoms with E-state index >= 15 is 0 Å². The summed E-state index contributed by atoms with van der Waals surface area (Å²) >= 11 is 1.31. The Morgan fingerprint density at radius 1 is 1.33 bits per heavy atom. The number of nitrogens with zero attached hydrogens (tertiary/aromatic N) is 1. The van der Waals surface area contributed by atoms with Crippen LogP contribution in [0.3, 0.4) is 0 Å². The minimum absolute atomic E-state index is 0.114. The Morgan fingerprint density at radius 3 is 2.56 bits per heavy atom. The van der Waals surface area contributed by atoms with Gasteiger partial charge in [0.15, 0.2) is 4.80 Å². The van der Waals surface area contributed by atoms with Gasteiger partial charge in [-0.05, 0) is 37.1 Å². The third kappa shape index (κ3) is 3.07. The van der Waals surface area contributed by atoms with Gasteiger partial charge in [0, 0.05) is 17.3 Å². The SMILES string of the molecule is Cc1cc(C)cc(NC(=O)Cn2ccsc2=N)c1. The molecule has 0 saturated heterocycles. The van der Waals surface area contributed by atoms with Gasteiger partial charge in [0.1, 0.15) is 6.54 Å². The summed E-state index contributed by atoms with van der Waals surface area (Å²) < 4.78 is 1.61. The summed E-state index contributed by atoms with van der Waals surface area (Å²) in [5, 5.41) is 12.2. The average Bonchev–Trinajstić information content (AvgIpc) is 2.62. The van der Waals surface area contributed by atoms with Crippen molar-refractivity contribution in [1.82, 2.24) is 4.57 Å². The number of carbonyl (C=O) groups is 1. The van der Waals surface area contributed by atoms with Crippen LogP contribution in [0.5, 0.6) is 0 Å². The molecule has 0 unspecified atom stereocenters. The summed E-state index contributed by atoms with van der Waals surface area (Å²) in [6.45, 7) is 4.17. The molecule has 0 radical (unpaired) electrons. The number of aryl methyl sites for hydroxylation is 2. The predicted octanol–water partition coefficient (Wildman–Crippen LogP) is 2.28. The fraction of sp³-hybridized carbons (Fsp3) is 0.231. The molecule has 5 heteroatoms. The van der Waals surface area contributed by atoms with Gasteiger partial charge in [0.2, 0.25) is 5.91 Å². The van der Waals surface area contributed by atoms with Crippen LogP contribution in [0.2, 0.25) is 0 Å². The van der Waals surface area contributed by atoms with E-state index in [1.807, 2.05) is 26.0 Å². The number of nitrogens with one attached hydrogen (secondary N) is 2. The summed E-state index contributed by atoms with van der Waals surface area (Å²) in [4.78, 5) is 12.2. The lowest BCUT2D eigenvalue weighted by Gasteiger charge is -2.08. The highest BCUT2D eigenvalue weighted by molar-refractivity contribution is 7.06. The minimum Gasteiger partial charge on any atom is -0.325 e. The first kappa shape index (κ1) is 12.6. The maximum atomic E-state index is 11.8. The first-order valence-electron chi connectivity index (χ1n) is 5.61. The zero-order chi connectivity index (χ0) is 13.1. The van der Waals surface area contributed by atoms with Crippen LogP contribution in [0, 0.1) is 19.3 Å². The second-order valence-electron chi connectivity index (χ2n) is 4.26. The van der Waals surface area contributed by atoms with Crippen molar-refractivity contribution < 1.29 is 4.79 Å². The molecule has 1 aromatic heterocycles. The summed E-state index contributed by atoms with van der Waals surface area (Å²) in [7, 11) is 0. The number of benzene rings is 1. The van der Waals surface area contributed by atoms with Crippen LogP contribution in [0.15, 0.2) is 29.8 Å². The van der Waals surface area contributed by atoms with Crippen molar-refractivity contribution in [3.63, 3.8) is 0 Å². The van der Waals surface area contributed by atoms with Gasteiger partial charge in [-0.25, -0.2) is 0 Å². The van der Waals surface area contributed by atoms with E-state index in [0.717, 1.165) is 16.8 Å². The Labute approximate surface area is 109 Å². The highest BCUT2D eigenvalue weighted by atomic mass is 32.1. The second-order valence-corrected chi connectivity index (χ2v) is 5.16. The Kier molecular flexibility index (Phi) is 3.62. The van der Waals surface area contributed by atoms with E-state index in [2.05, 4.69) is 11.4 Å². The molecule has 0 fully saturated rings. The van der Waals surface area contributed by atoms with Crippen molar-refractivity contribution in [2.75, 3.05) is 5.32 Å². The molecule has 0 aliphatic rings. The first-order chi connectivity index (χ1) is 8.54. The highest BCUT2D eigenvalue weighted by Gasteiger charge is 2.05. The van der Waals surface area contributed by atoms with E-state index in [9.17, 15) is 4.79 Å². The Hall–Kier alpha value is -1.88. The van der Waals surface area contributed by atoms with Crippen molar-refractivity contribution in [1.29, 1.82) is 5.41 Å². The molecule has 4 nitrogen and oxygen atoms in total. The number of aromatic nitrogens is 1. The predicted molar refractivity (Wildman–Crippen MR) is 72.7 cm³/mol. The zero-order valence-electron chi connectivity index (χ0n) is 10.4. The van der Waals surface area contributed by atoms with E-state index in [-0.39, 0.29) is 12.5 Å². The van der Waals surface area contributed by atoms with Gasteiger partial charge in [-0.3, -0.25) is 10.2 Å². The number of amides is 1. The van der Waals surface area contributed by atoms with Gasteiger partial charge >= 0.3 is 0 Å². The molecule has 94 valence electrons. The van der Waals surface area contributed by atoms with Crippen LogP contribution in [0.1, 0.15) is 11.1 Å². The van der Waals surface area contributed by atoms with Gasteiger partial charge in [-0.1, -0.05) is 6.07 Å². The molecule has 0 spiro atoms. The number of thiazole rings is 1. The van der Waals surface area contributed by atoms with Gasteiger partial charge in [-0.15, -0.1) is 11.3 Å². The smallest absolute Gasteiger partial charge is 0.244 e. The molecule has 2 rings (SSSR count). The van der Waals surface area contributed by atoms with Crippen LogP contribution in [-0.2, 0) is 11.3 Å². The summed E-state index contributed by atoms with van der Waals surface area (Å²) in [5.74, 6) is -0.114. The number of rotatable bonds is 3. The molecule has 1 heterocycles. The van der Waals surface area contributed by atoms with E-state index in [1.54, 1.807) is 16.1 Å². The van der Waals surface area contributed by atoms with E-state index < -0.39 is 0 Å². The molecule has 0 aliphatic carbocycles. The molecule has 0 saturated carbocycles. The van der Waals surface area contributed by atoms with Crippen molar-refractivity contribution in [2.24, 2.45) is 0 Å². The molecule has 1 amide bonds. The molecule has 0 aliphatic heterocycles. The summed E-state index contributed by atoms with van der Waals surface area (Å²) in [5.41, 5.74) is 3.05. The molecule has 0 atom stereocenters. The van der Waals surface area contributed by atoms with Crippen molar-refractivity contribution in [3.05, 3.63) is 45.7 Å². The third-order valence-corrected chi connectivity index (χ3v) is 3.22. The normalized spacial score (nSPS) is 10.3. The van der Waals surface area contributed by atoms with Gasteiger partial charge in [-0.2, -0.15) is 0 Å². The van der Waals surface area contributed by atoms with Crippen molar-refractivity contribution in [2.45, 2.75) is 20.4 Å². The summed E-state index contributed by atoms with van der Waals surface area (Å²) in [6, 6.07) is 5.93. The molecule has 2 N–H and O–H groups in total. The Bertz CT molecular complexity index is 607. The van der Waals surface area contributed by atoms with E-state index in [1.165, 1.54) is 11.3 Å². The molecular formula is C13H15N3OS. The lowest BCUT2D eigenvalue weighted by molar-refractivity contribution is -0.116. The van der Waals surface area contributed by atoms with Crippen LogP contribution >= 0.6 is 11.3 Å². The summed E-state index contributed by atoms with van der Waals surface area (Å²) in [6.07, 6.45) is 1.74. The van der Waals surface area contributed by atoms with Crippen LogP contribution in [0.25, 0.3) is 0 Å². The molecular weight excluding hydrogens is 246 g/mol. The van der Waals surface area contributed by atoms with Crippen molar-refractivity contribution >= 4 is 22.9 Å². The fourth-order valence-electron chi connectivity index (χ4n) is 1.83. The van der Waals surface area contributed by atoms with Crippen LogP contribution < -0.4 is 10.1 Å². The Balaban J connectivity index is 2.07. The molecule has 2 aromatic rings. The fourth-order valence-corrected chi connectivity index (χ4v) is 2.43. The average molecular weight is 261 g/mol. The monoisotopic (exact) mass is 261 g/mol. The largest absolute Gasteiger partial charge is 0.325 e. The quantitative estimate of drug-likeness (QED) is 0.875. The highest BCUT2D eigenvalue weighted by Crippen LogP contribution is 2.13. The minimum atomic E-state index is -0.114. The maximum absolute atomic E-state index is 11.8. The van der Waals surface area contributed by atoms with E-state index in [4.69, 9.17) is 5.41 Å². The lowest BCUT2D eigenvalue weighted by Crippen LogP contribution is -2.23. The standard InChI is InChI=1S/C13H15N3OS/c1-9-5-10(2)7-11(6-9)15-12(17)8-16-3-4-18-13(16)14/h3-7,14H,8H2,1-2H3,(H,15,17). The molecule has 0 bridgehead atoms. The molecule has 18 heavy (non-hydrogen) atoms. The third-order valence-electron chi connectivity index (χ3n) is 2.50. The van der Waals surface area contributed by atoms with E-state index in [0.29, 0.717) is 4.80 Å². The second kappa shape index (κ2) is 5.18. The molecule has 1 aromatic carbocycles.